The zero-order valence-electron chi connectivity index (χ0n) is 14.2. The van der Waals surface area contributed by atoms with E-state index in [1.165, 1.54) is 32.1 Å². The van der Waals surface area contributed by atoms with Crippen molar-refractivity contribution in [3.63, 3.8) is 0 Å². The summed E-state index contributed by atoms with van der Waals surface area (Å²) in [5, 5.41) is 9.55. The van der Waals surface area contributed by atoms with Crippen molar-refractivity contribution in [1.29, 1.82) is 0 Å². The Kier molecular flexibility index (Phi) is 10.9. The quantitative estimate of drug-likeness (QED) is 0.418. The maximum Gasteiger partial charge on any atom is 0.309 e. The average Bonchev–Trinajstić information content (AvgIpc) is 2.40. The van der Waals surface area contributed by atoms with Crippen molar-refractivity contribution in [3.05, 3.63) is 0 Å². The van der Waals surface area contributed by atoms with Gasteiger partial charge in [0.25, 0.3) is 0 Å². The molecule has 0 amide bonds. The highest BCUT2D eigenvalue weighted by molar-refractivity contribution is 5.74. The first-order valence-corrected chi connectivity index (χ1v) is 8.72. The van der Waals surface area contributed by atoms with Crippen LogP contribution in [0.1, 0.15) is 98.3 Å². The second kappa shape index (κ2) is 11.2. The summed E-state index contributed by atoms with van der Waals surface area (Å²) in [6.07, 6.45) is 12.1. The number of unbranched alkanes of at least 4 members (excludes halogenated alkanes) is 5. The summed E-state index contributed by atoms with van der Waals surface area (Å²) < 4.78 is 0. The lowest BCUT2D eigenvalue weighted by Gasteiger charge is -2.28. The van der Waals surface area contributed by atoms with E-state index in [1.54, 1.807) is 0 Å². The van der Waals surface area contributed by atoms with Crippen molar-refractivity contribution >= 4 is 5.97 Å². The Balaban J connectivity index is 3.93. The molecule has 0 spiro atoms. The lowest BCUT2D eigenvalue weighted by molar-refractivity contribution is -0.150. The summed E-state index contributed by atoms with van der Waals surface area (Å²) in [6.45, 7) is 8.72. The second-order valence-electron chi connectivity index (χ2n) is 6.74. The number of aliphatic carboxylic acids is 1. The van der Waals surface area contributed by atoms with Crippen molar-refractivity contribution in [1.82, 2.24) is 0 Å². The molecule has 0 aromatic rings. The third-order valence-electron chi connectivity index (χ3n) is 4.58. The van der Waals surface area contributed by atoms with Gasteiger partial charge in [0, 0.05) is 0 Å². The number of hydrogen-bond acceptors (Lipinski definition) is 1. The minimum absolute atomic E-state index is 0.450. The lowest BCUT2D eigenvalue weighted by Crippen LogP contribution is -2.30. The molecule has 0 heterocycles. The zero-order chi connectivity index (χ0) is 15.4. The molecule has 0 aliphatic rings. The summed E-state index contributed by atoms with van der Waals surface area (Å²) in [5.74, 6) is 0.233. The summed E-state index contributed by atoms with van der Waals surface area (Å²) in [4.78, 5) is 11.6. The summed E-state index contributed by atoms with van der Waals surface area (Å²) in [6, 6.07) is 0. The third kappa shape index (κ3) is 7.91. The van der Waals surface area contributed by atoms with Gasteiger partial charge in [0.05, 0.1) is 5.41 Å². The predicted molar refractivity (Wildman–Crippen MR) is 87.0 cm³/mol. The highest BCUT2D eigenvalue weighted by Gasteiger charge is 2.35. The molecule has 2 heteroatoms. The van der Waals surface area contributed by atoms with Gasteiger partial charge >= 0.3 is 5.97 Å². The van der Waals surface area contributed by atoms with Crippen LogP contribution in [0.5, 0.6) is 0 Å². The maximum absolute atomic E-state index is 11.6. The van der Waals surface area contributed by atoms with Crippen LogP contribution in [0.25, 0.3) is 0 Å². The molecule has 1 atom stereocenters. The first-order chi connectivity index (χ1) is 9.48. The molecular formula is C18H36O2. The molecule has 0 aliphatic carbocycles. The van der Waals surface area contributed by atoms with E-state index in [2.05, 4.69) is 20.8 Å². The standard InChI is InChI=1S/C18H36O2/c1-5-7-14-18(6-2,17(19)20)15-12-10-8-9-11-13-16(3)4/h16H,5-15H2,1-4H3,(H,19,20). The molecule has 0 aromatic heterocycles. The fourth-order valence-corrected chi connectivity index (χ4v) is 2.91. The van der Waals surface area contributed by atoms with E-state index < -0.39 is 11.4 Å². The van der Waals surface area contributed by atoms with Crippen molar-refractivity contribution in [3.8, 4) is 0 Å². The molecule has 120 valence electrons. The molecule has 20 heavy (non-hydrogen) atoms. The molecule has 0 saturated carbocycles. The minimum atomic E-state index is -0.576. The largest absolute Gasteiger partial charge is 0.481 e. The molecule has 0 radical (unpaired) electrons. The molecule has 0 fully saturated rings. The predicted octanol–water partition coefficient (Wildman–Crippen LogP) is 6.04. The van der Waals surface area contributed by atoms with E-state index in [9.17, 15) is 9.90 Å². The first-order valence-electron chi connectivity index (χ1n) is 8.72. The van der Waals surface area contributed by atoms with Crippen LogP contribution >= 0.6 is 0 Å². The van der Waals surface area contributed by atoms with E-state index in [1.807, 2.05) is 6.92 Å². The van der Waals surface area contributed by atoms with Gasteiger partial charge in [-0.3, -0.25) is 4.79 Å². The van der Waals surface area contributed by atoms with Crippen LogP contribution in [0.4, 0.5) is 0 Å². The van der Waals surface area contributed by atoms with Crippen molar-refractivity contribution in [2.45, 2.75) is 98.3 Å². The second-order valence-corrected chi connectivity index (χ2v) is 6.74. The van der Waals surface area contributed by atoms with E-state index in [0.717, 1.165) is 44.4 Å². The Morgan fingerprint density at radius 2 is 1.50 bits per heavy atom. The maximum atomic E-state index is 11.6. The van der Waals surface area contributed by atoms with E-state index in [0.29, 0.717) is 0 Å². The van der Waals surface area contributed by atoms with E-state index in [4.69, 9.17) is 0 Å². The zero-order valence-corrected chi connectivity index (χ0v) is 14.2. The van der Waals surface area contributed by atoms with Crippen LogP contribution in [0.15, 0.2) is 0 Å². The lowest BCUT2D eigenvalue weighted by atomic mass is 9.76. The van der Waals surface area contributed by atoms with Gasteiger partial charge in [-0.25, -0.2) is 0 Å². The number of carbonyl (C=O) groups is 1. The van der Waals surface area contributed by atoms with Crippen LogP contribution < -0.4 is 0 Å². The Hall–Kier alpha value is -0.530. The Morgan fingerprint density at radius 1 is 0.950 bits per heavy atom. The molecule has 0 aromatic carbocycles. The number of hydrogen-bond donors (Lipinski definition) is 1. The number of carboxylic acid groups (broad SMARTS) is 1. The molecular weight excluding hydrogens is 248 g/mol. The molecule has 1 N–H and O–H groups in total. The molecule has 0 aliphatic heterocycles. The van der Waals surface area contributed by atoms with Crippen LogP contribution in [0.3, 0.4) is 0 Å². The van der Waals surface area contributed by atoms with Crippen LogP contribution in [0, 0.1) is 11.3 Å². The first kappa shape index (κ1) is 19.5. The number of rotatable bonds is 13. The topological polar surface area (TPSA) is 37.3 Å². The Morgan fingerprint density at radius 3 is 2.00 bits per heavy atom. The SMILES string of the molecule is CCCCC(CC)(CCCCCCCC(C)C)C(=O)O. The van der Waals surface area contributed by atoms with Gasteiger partial charge < -0.3 is 5.11 Å². The van der Waals surface area contributed by atoms with Gasteiger partial charge in [-0.15, -0.1) is 0 Å². The average molecular weight is 284 g/mol. The monoisotopic (exact) mass is 284 g/mol. The minimum Gasteiger partial charge on any atom is -0.481 e. The summed E-state index contributed by atoms with van der Waals surface area (Å²) in [5.41, 5.74) is -0.450. The van der Waals surface area contributed by atoms with Crippen LogP contribution in [0.2, 0.25) is 0 Å². The molecule has 0 saturated heterocycles. The highest BCUT2D eigenvalue weighted by Crippen LogP contribution is 2.35. The van der Waals surface area contributed by atoms with Gasteiger partial charge in [0.1, 0.15) is 0 Å². The van der Waals surface area contributed by atoms with Crippen molar-refractivity contribution < 1.29 is 9.90 Å². The fraction of sp³-hybridized carbons (Fsp3) is 0.944. The van der Waals surface area contributed by atoms with Gasteiger partial charge in [-0.05, 0) is 25.2 Å². The van der Waals surface area contributed by atoms with Gasteiger partial charge in [0.2, 0.25) is 0 Å². The van der Waals surface area contributed by atoms with Crippen LogP contribution in [-0.2, 0) is 4.79 Å². The summed E-state index contributed by atoms with van der Waals surface area (Å²) in [7, 11) is 0. The van der Waals surface area contributed by atoms with Crippen molar-refractivity contribution in [2.75, 3.05) is 0 Å². The van der Waals surface area contributed by atoms with Gasteiger partial charge in [0.15, 0.2) is 0 Å². The van der Waals surface area contributed by atoms with E-state index in [-0.39, 0.29) is 0 Å². The molecule has 1 unspecified atom stereocenters. The van der Waals surface area contributed by atoms with Gasteiger partial charge in [-0.1, -0.05) is 79.1 Å². The third-order valence-corrected chi connectivity index (χ3v) is 4.58. The normalized spacial score (nSPS) is 14.4. The Labute approximate surface area is 126 Å². The van der Waals surface area contributed by atoms with Gasteiger partial charge in [-0.2, -0.15) is 0 Å². The van der Waals surface area contributed by atoms with E-state index >= 15 is 0 Å². The molecule has 0 bridgehead atoms. The smallest absolute Gasteiger partial charge is 0.309 e. The summed E-state index contributed by atoms with van der Waals surface area (Å²) >= 11 is 0. The Bertz CT molecular complexity index is 248. The van der Waals surface area contributed by atoms with Crippen molar-refractivity contribution in [2.24, 2.45) is 11.3 Å². The van der Waals surface area contributed by atoms with Crippen LogP contribution in [-0.4, -0.2) is 11.1 Å². The molecule has 0 rings (SSSR count). The fourth-order valence-electron chi connectivity index (χ4n) is 2.91. The highest BCUT2D eigenvalue weighted by atomic mass is 16.4. The number of carboxylic acids is 1. The molecule has 2 nitrogen and oxygen atoms in total.